The molecule has 4 nitrogen and oxygen atoms in total. The molecule has 0 amide bonds. The van der Waals surface area contributed by atoms with Gasteiger partial charge in [-0.3, -0.25) is 0 Å². The Balaban J connectivity index is 1.52. The highest BCUT2D eigenvalue weighted by molar-refractivity contribution is 5.55. The maximum atomic E-state index is 10.3. The second-order valence-electron chi connectivity index (χ2n) is 6.05. The van der Waals surface area contributed by atoms with E-state index in [1.807, 2.05) is 31.2 Å². The highest BCUT2D eigenvalue weighted by Gasteiger charge is 2.19. The lowest BCUT2D eigenvalue weighted by Gasteiger charge is -2.32. The lowest BCUT2D eigenvalue weighted by Crippen LogP contribution is -2.38. The molecule has 1 unspecified atom stereocenters. The fourth-order valence-corrected chi connectivity index (χ4v) is 3.10. The molecule has 0 fully saturated rings. The predicted molar refractivity (Wildman–Crippen MR) is 96.1 cm³/mol. The standard InChI is InChI=1S/C20H25NO3/c1-2-23-18-9-11-19(12-10-18)24-15-17(22)14-21-13-5-7-16-6-3-4-8-20(16)21/h3-4,6,8-12,17,22H,2,5,7,13-15H2,1H3. The van der Waals surface area contributed by atoms with E-state index in [1.54, 1.807) is 0 Å². The van der Waals surface area contributed by atoms with E-state index in [0.29, 0.717) is 13.2 Å². The number of rotatable bonds is 7. The van der Waals surface area contributed by atoms with Crippen LogP contribution in [0, 0.1) is 0 Å². The molecule has 2 aromatic rings. The highest BCUT2D eigenvalue weighted by Crippen LogP contribution is 2.26. The van der Waals surface area contributed by atoms with Gasteiger partial charge in [0.1, 0.15) is 24.2 Å². The Labute approximate surface area is 143 Å². The Bertz CT molecular complexity index is 642. The molecule has 3 rings (SSSR count). The van der Waals surface area contributed by atoms with Crippen LogP contribution in [-0.2, 0) is 6.42 Å². The summed E-state index contributed by atoms with van der Waals surface area (Å²) >= 11 is 0. The summed E-state index contributed by atoms with van der Waals surface area (Å²) < 4.78 is 11.1. The summed E-state index contributed by atoms with van der Waals surface area (Å²) in [5.74, 6) is 1.58. The number of ether oxygens (including phenoxy) is 2. The third kappa shape index (κ3) is 4.20. The van der Waals surface area contributed by atoms with E-state index < -0.39 is 6.10 Å². The van der Waals surface area contributed by atoms with Crippen LogP contribution < -0.4 is 14.4 Å². The van der Waals surface area contributed by atoms with E-state index in [4.69, 9.17) is 9.47 Å². The number of hydrogen-bond donors (Lipinski definition) is 1. The number of nitrogens with zero attached hydrogens (tertiary/aromatic N) is 1. The first-order chi connectivity index (χ1) is 11.8. The second kappa shape index (κ2) is 8.06. The van der Waals surface area contributed by atoms with E-state index in [2.05, 4.69) is 29.2 Å². The van der Waals surface area contributed by atoms with Crippen LogP contribution in [0.15, 0.2) is 48.5 Å². The summed E-state index contributed by atoms with van der Waals surface area (Å²) in [4.78, 5) is 2.26. The molecule has 0 bridgehead atoms. The molecule has 1 N–H and O–H groups in total. The van der Waals surface area contributed by atoms with Gasteiger partial charge < -0.3 is 19.5 Å². The van der Waals surface area contributed by atoms with E-state index in [0.717, 1.165) is 30.9 Å². The van der Waals surface area contributed by atoms with Crippen LogP contribution in [0.25, 0.3) is 0 Å². The maximum absolute atomic E-state index is 10.3. The number of para-hydroxylation sites is 1. The van der Waals surface area contributed by atoms with Crippen molar-refractivity contribution in [1.29, 1.82) is 0 Å². The van der Waals surface area contributed by atoms with Crippen LogP contribution in [0.5, 0.6) is 11.5 Å². The number of hydrogen-bond acceptors (Lipinski definition) is 4. The Morgan fingerprint density at radius 1 is 1.04 bits per heavy atom. The SMILES string of the molecule is CCOc1ccc(OCC(O)CN2CCCc3ccccc32)cc1. The molecule has 0 spiro atoms. The third-order valence-electron chi connectivity index (χ3n) is 4.21. The zero-order valence-corrected chi connectivity index (χ0v) is 14.1. The fourth-order valence-electron chi connectivity index (χ4n) is 3.10. The van der Waals surface area contributed by atoms with Crippen LogP contribution in [-0.4, -0.2) is 37.5 Å². The zero-order valence-electron chi connectivity index (χ0n) is 14.1. The van der Waals surface area contributed by atoms with Gasteiger partial charge in [-0.25, -0.2) is 0 Å². The molecule has 2 aromatic carbocycles. The van der Waals surface area contributed by atoms with Gasteiger partial charge in [-0.2, -0.15) is 0 Å². The minimum atomic E-state index is -0.525. The molecule has 0 saturated carbocycles. The van der Waals surface area contributed by atoms with Gasteiger partial charge in [0.25, 0.3) is 0 Å². The normalized spacial score (nSPS) is 14.8. The predicted octanol–water partition coefficient (Wildman–Crippen LogP) is 3.28. The molecular weight excluding hydrogens is 302 g/mol. The Kier molecular flexibility index (Phi) is 5.59. The van der Waals surface area contributed by atoms with Gasteiger partial charge in [-0.05, 0) is 55.7 Å². The van der Waals surface area contributed by atoms with Crippen LogP contribution in [0.2, 0.25) is 0 Å². The Hall–Kier alpha value is -2.20. The van der Waals surface area contributed by atoms with Crippen molar-refractivity contribution in [1.82, 2.24) is 0 Å². The second-order valence-corrected chi connectivity index (χ2v) is 6.05. The van der Waals surface area contributed by atoms with E-state index >= 15 is 0 Å². The van der Waals surface area contributed by atoms with Gasteiger partial charge in [0.2, 0.25) is 0 Å². The molecule has 0 radical (unpaired) electrons. The molecule has 0 saturated heterocycles. The molecule has 0 aliphatic carbocycles. The van der Waals surface area contributed by atoms with Gasteiger partial charge in [0, 0.05) is 18.8 Å². The van der Waals surface area contributed by atoms with Gasteiger partial charge in [-0.15, -0.1) is 0 Å². The van der Waals surface area contributed by atoms with Crippen molar-refractivity contribution in [3.8, 4) is 11.5 Å². The van der Waals surface area contributed by atoms with Crippen molar-refractivity contribution >= 4 is 5.69 Å². The number of aryl methyl sites for hydroxylation is 1. The van der Waals surface area contributed by atoms with Gasteiger partial charge in [0.05, 0.1) is 6.61 Å². The highest BCUT2D eigenvalue weighted by atomic mass is 16.5. The van der Waals surface area contributed by atoms with Crippen molar-refractivity contribution in [3.05, 3.63) is 54.1 Å². The number of fused-ring (bicyclic) bond motifs is 1. The number of β-amino-alcohol motifs (C(OH)–C–C–N with tert-alkyl or cyclic N) is 1. The summed E-state index contributed by atoms with van der Waals surface area (Å²) in [6.45, 7) is 4.47. The molecule has 4 heteroatoms. The lowest BCUT2D eigenvalue weighted by atomic mass is 10.0. The van der Waals surface area contributed by atoms with Crippen LogP contribution in [0.3, 0.4) is 0 Å². The van der Waals surface area contributed by atoms with Crippen LogP contribution in [0.1, 0.15) is 18.9 Å². The van der Waals surface area contributed by atoms with Crippen molar-refractivity contribution < 1.29 is 14.6 Å². The van der Waals surface area contributed by atoms with E-state index in [9.17, 15) is 5.11 Å². The van der Waals surface area contributed by atoms with E-state index in [1.165, 1.54) is 11.3 Å². The molecule has 128 valence electrons. The summed E-state index contributed by atoms with van der Waals surface area (Å²) in [6, 6.07) is 15.9. The monoisotopic (exact) mass is 327 g/mol. The smallest absolute Gasteiger partial charge is 0.119 e. The zero-order chi connectivity index (χ0) is 16.8. The van der Waals surface area contributed by atoms with Crippen molar-refractivity contribution in [2.75, 3.05) is 31.2 Å². The first-order valence-corrected chi connectivity index (χ1v) is 8.63. The Morgan fingerprint density at radius 3 is 2.50 bits per heavy atom. The minimum Gasteiger partial charge on any atom is -0.494 e. The topological polar surface area (TPSA) is 41.9 Å². The molecule has 1 aliphatic rings. The maximum Gasteiger partial charge on any atom is 0.119 e. The Morgan fingerprint density at radius 2 is 1.75 bits per heavy atom. The quantitative estimate of drug-likeness (QED) is 0.847. The van der Waals surface area contributed by atoms with Crippen molar-refractivity contribution in [2.24, 2.45) is 0 Å². The molecule has 0 aromatic heterocycles. The first kappa shape index (κ1) is 16.7. The molecule has 24 heavy (non-hydrogen) atoms. The molecule has 1 aliphatic heterocycles. The summed E-state index contributed by atoms with van der Waals surface area (Å²) in [5, 5.41) is 10.3. The first-order valence-electron chi connectivity index (χ1n) is 8.63. The average Bonchev–Trinajstić information content (AvgIpc) is 2.62. The largest absolute Gasteiger partial charge is 0.494 e. The number of aliphatic hydroxyl groups excluding tert-OH is 1. The van der Waals surface area contributed by atoms with Crippen molar-refractivity contribution in [2.45, 2.75) is 25.9 Å². The number of benzene rings is 2. The minimum absolute atomic E-state index is 0.284. The third-order valence-corrected chi connectivity index (χ3v) is 4.21. The number of aliphatic hydroxyl groups is 1. The summed E-state index contributed by atoms with van der Waals surface area (Å²) in [7, 11) is 0. The van der Waals surface area contributed by atoms with Crippen LogP contribution in [0.4, 0.5) is 5.69 Å². The fraction of sp³-hybridized carbons (Fsp3) is 0.400. The molecule has 1 atom stereocenters. The summed E-state index contributed by atoms with van der Waals surface area (Å²) in [5.41, 5.74) is 2.60. The van der Waals surface area contributed by atoms with Crippen LogP contribution >= 0.6 is 0 Å². The molecular formula is C20H25NO3. The summed E-state index contributed by atoms with van der Waals surface area (Å²) in [6.07, 6.45) is 1.72. The van der Waals surface area contributed by atoms with E-state index in [-0.39, 0.29) is 6.61 Å². The number of anilines is 1. The van der Waals surface area contributed by atoms with Crippen molar-refractivity contribution in [3.63, 3.8) is 0 Å². The van der Waals surface area contributed by atoms with Gasteiger partial charge in [0.15, 0.2) is 0 Å². The van der Waals surface area contributed by atoms with Gasteiger partial charge >= 0.3 is 0 Å². The lowest BCUT2D eigenvalue weighted by molar-refractivity contribution is 0.112. The average molecular weight is 327 g/mol. The van der Waals surface area contributed by atoms with Gasteiger partial charge in [-0.1, -0.05) is 18.2 Å². The molecule has 1 heterocycles.